The van der Waals surface area contributed by atoms with E-state index in [2.05, 4.69) is 15.9 Å². The number of hydrogen-bond donors (Lipinski definition) is 0. The van der Waals surface area contributed by atoms with Gasteiger partial charge in [0.1, 0.15) is 5.82 Å². The number of allylic oxidation sites excluding steroid dienone is 1. The van der Waals surface area contributed by atoms with E-state index in [4.69, 9.17) is 11.6 Å². The van der Waals surface area contributed by atoms with Crippen LogP contribution in [0.5, 0.6) is 0 Å². The van der Waals surface area contributed by atoms with E-state index in [-0.39, 0.29) is 10.8 Å². The highest BCUT2D eigenvalue weighted by Gasteiger charge is 2.03. The zero-order chi connectivity index (χ0) is 9.84. The first-order valence-electron chi connectivity index (χ1n) is 3.82. The maximum atomic E-state index is 13.3. The highest BCUT2D eigenvalue weighted by molar-refractivity contribution is 9.09. The summed E-state index contributed by atoms with van der Waals surface area (Å²) in [6.07, 6.45) is 1.77. The molecule has 0 bridgehead atoms. The molecule has 0 unspecified atom stereocenters. The first-order chi connectivity index (χ1) is 6.15. The second-order valence-corrected chi connectivity index (χ2v) is 3.74. The van der Waals surface area contributed by atoms with Crippen LogP contribution in [-0.2, 0) is 0 Å². The maximum Gasteiger partial charge on any atom is 0.148 e. The van der Waals surface area contributed by atoms with Gasteiger partial charge >= 0.3 is 0 Å². The monoisotopic (exact) mass is 262 g/mol. The van der Waals surface area contributed by atoms with Gasteiger partial charge in [-0.05, 0) is 13.0 Å². The molecule has 0 atom stereocenters. The smallest absolute Gasteiger partial charge is 0.148 e. The van der Waals surface area contributed by atoms with Crippen molar-refractivity contribution in [2.45, 2.75) is 6.92 Å². The maximum absolute atomic E-state index is 13.3. The first-order valence-corrected chi connectivity index (χ1v) is 5.32. The summed E-state index contributed by atoms with van der Waals surface area (Å²) in [6, 6.07) is 4.98. The summed E-state index contributed by atoms with van der Waals surface area (Å²) in [6.45, 7) is 1.93. The normalized spacial score (nSPS) is 11.8. The molecule has 0 spiro atoms. The van der Waals surface area contributed by atoms with E-state index in [0.717, 1.165) is 10.9 Å². The predicted octanol–water partition coefficient (Wildman–Crippen LogP) is 4.28. The molecule has 0 radical (unpaired) electrons. The quantitative estimate of drug-likeness (QED) is 0.699. The highest BCUT2D eigenvalue weighted by atomic mass is 79.9. The molecule has 0 aliphatic carbocycles. The van der Waals surface area contributed by atoms with Gasteiger partial charge in [-0.3, -0.25) is 0 Å². The van der Waals surface area contributed by atoms with Gasteiger partial charge in [0.05, 0.1) is 5.02 Å². The van der Waals surface area contributed by atoms with Crippen molar-refractivity contribution in [1.29, 1.82) is 0 Å². The van der Waals surface area contributed by atoms with Crippen LogP contribution in [0, 0.1) is 5.82 Å². The molecule has 1 rings (SSSR count). The van der Waals surface area contributed by atoms with Crippen molar-refractivity contribution < 1.29 is 4.39 Å². The van der Waals surface area contributed by atoms with Crippen LogP contribution < -0.4 is 0 Å². The van der Waals surface area contributed by atoms with E-state index < -0.39 is 0 Å². The number of halogens is 3. The van der Waals surface area contributed by atoms with Gasteiger partial charge in [-0.15, -0.1) is 0 Å². The van der Waals surface area contributed by atoms with Crippen LogP contribution in [0.4, 0.5) is 4.39 Å². The second-order valence-electron chi connectivity index (χ2n) is 2.77. The summed E-state index contributed by atoms with van der Waals surface area (Å²) in [5.41, 5.74) is 1.59. The molecule has 0 nitrogen and oxygen atoms in total. The molecule has 3 heteroatoms. The molecule has 0 heterocycles. The molecule has 0 saturated carbocycles. The zero-order valence-electron chi connectivity index (χ0n) is 7.15. The molecule has 0 amide bonds. The number of benzene rings is 1. The summed E-state index contributed by atoms with van der Waals surface area (Å²) in [5.74, 6) is -0.357. The lowest BCUT2D eigenvalue weighted by molar-refractivity contribution is 0.625. The Morgan fingerprint density at radius 3 is 2.92 bits per heavy atom. The first kappa shape index (κ1) is 10.7. The summed E-state index contributed by atoms with van der Waals surface area (Å²) in [4.78, 5) is 0. The van der Waals surface area contributed by atoms with Crippen LogP contribution in [0.25, 0.3) is 6.08 Å². The SMILES string of the molecule is C/C(=C/c1cccc(Cl)c1F)CBr. The fraction of sp³-hybridized carbons (Fsp3) is 0.200. The van der Waals surface area contributed by atoms with Gasteiger partial charge in [0.15, 0.2) is 0 Å². The third-order valence-corrected chi connectivity index (χ3v) is 2.77. The minimum atomic E-state index is -0.357. The van der Waals surface area contributed by atoms with Crippen LogP contribution in [-0.4, -0.2) is 5.33 Å². The van der Waals surface area contributed by atoms with Crippen molar-refractivity contribution in [2.75, 3.05) is 5.33 Å². The minimum Gasteiger partial charge on any atom is -0.205 e. The largest absolute Gasteiger partial charge is 0.205 e. The van der Waals surface area contributed by atoms with Crippen LogP contribution in [0.1, 0.15) is 12.5 Å². The van der Waals surface area contributed by atoms with Gasteiger partial charge in [0.2, 0.25) is 0 Å². The molecule has 70 valence electrons. The van der Waals surface area contributed by atoms with Gasteiger partial charge in [-0.2, -0.15) is 0 Å². The van der Waals surface area contributed by atoms with E-state index in [9.17, 15) is 4.39 Å². The van der Waals surface area contributed by atoms with Gasteiger partial charge in [-0.1, -0.05) is 51.3 Å². The van der Waals surface area contributed by atoms with Crippen LogP contribution in [0.15, 0.2) is 23.8 Å². The Morgan fingerprint density at radius 2 is 2.31 bits per heavy atom. The molecular formula is C10H9BrClF. The molecule has 0 aliphatic heterocycles. The second kappa shape index (κ2) is 4.77. The molecule has 0 aromatic heterocycles. The Hall–Kier alpha value is -0.340. The predicted molar refractivity (Wildman–Crippen MR) is 58.9 cm³/mol. The number of rotatable bonds is 2. The molecule has 0 saturated heterocycles. The van der Waals surface area contributed by atoms with E-state index in [1.54, 1.807) is 18.2 Å². The molecule has 1 aromatic carbocycles. The highest BCUT2D eigenvalue weighted by Crippen LogP contribution is 2.20. The lowest BCUT2D eigenvalue weighted by atomic mass is 10.1. The number of alkyl halides is 1. The Labute approximate surface area is 90.5 Å². The minimum absolute atomic E-state index is 0.163. The van der Waals surface area contributed by atoms with Crippen molar-refractivity contribution in [2.24, 2.45) is 0 Å². The van der Waals surface area contributed by atoms with Crippen molar-refractivity contribution in [3.63, 3.8) is 0 Å². The van der Waals surface area contributed by atoms with Gasteiger partial charge < -0.3 is 0 Å². The fourth-order valence-corrected chi connectivity index (χ4v) is 1.28. The summed E-state index contributed by atoms with van der Waals surface area (Å²) in [7, 11) is 0. The average Bonchev–Trinajstić information content (AvgIpc) is 2.13. The van der Waals surface area contributed by atoms with Crippen molar-refractivity contribution in [3.8, 4) is 0 Å². The molecule has 0 aliphatic rings. The van der Waals surface area contributed by atoms with Crippen LogP contribution >= 0.6 is 27.5 Å². The van der Waals surface area contributed by atoms with Crippen molar-refractivity contribution >= 4 is 33.6 Å². The van der Waals surface area contributed by atoms with Crippen molar-refractivity contribution in [1.82, 2.24) is 0 Å². The molecule has 0 N–H and O–H groups in total. The van der Waals surface area contributed by atoms with E-state index in [1.165, 1.54) is 6.07 Å². The average molecular weight is 264 g/mol. The summed E-state index contributed by atoms with van der Waals surface area (Å²) >= 11 is 8.92. The molecular weight excluding hydrogens is 254 g/mol. The molecule has 1 aromatic rings. The Bertz CT molecular complexity index is 334. The van der Waals surface area contributed by atoms with Crippen LogP contribution in [0.3, 0.4) is 0 Å². The zero-order valence-corrected chi connectivity index (χ0v) is 9.49. The molecule has 0 fully saturated rings. The van der Waals surface area contributed by atoms with E-state index >= 15 is 0 Å². The number of hydrogen-bond acceptors (Lipinski definition) is 0. The topological polar surface area (TPSA) is 0 Å². The fourth-order valence-electron chi connectivity index (χ4n) is 0.936. The third kappa shape index (κ3) is 2.82. The van der Waals surface area contributed by atoms with E-state index in [1.807, 2.05) is 6.92 Å². The summed E-state index contributed by atoms with van der Waals surface area (Å²) in [5, 5.41) is 0.898. The van der Waals surface area contributed by atoms with E-state index in [0.29, 0.717) is 5.56 Å². The Balaban J connectivity index is 3.09. The van der Waals surface area contributed by atoms with Crippen LogP contribution in [0.2, 0.25) is 5.02 Å². The summed E-state index contributed by atoms with van der Waals surface area (Å²) < 4.78 is 13.3. The van der Waals surface area contributed by atoms with Gasteiger partial charge in [0, 0.05) is 10.9 Å². The van der Waals surface area contributed by atoms with Gasteiger partial charge in [-0.25, -0.2) is 4.39 Å². The van der Waals surface area contributed by atoms with Gasteiger partial charge in [0.25, 0.3) is 0 Å². The Kier molecular flexibility index (Phi) is 3.94. The lowest BCUT2D eigenvalue weighted by Gasteiger charge is -2.00. The molecule has 13 heavy (non-hydrogen) atoms. The van der Waals surface area contributed by atoms with Crippen molar-refractivity contribution in [3.05, 3.63) is 40.2 Å². The third-order valence-electron chi connectivity index (χ3n) is 1.59. The Morgan fingerprint density at radius 1 is 1.62 bits per heavy atom. The lowest BCUT2D eigenvalue weighted by Crippen LogP contribution is -1.85. The standard InChI is InChI=1S/C10H9BrClF/c1-7(6-11)5-8-3-2-4-9(12)10(8)13/h2-5H,6H2,1H3/b7-5-.